The molecule has 1 aromatic heterocycles. The number of hydrogen-bond donors (Lipinski definition) is 2. The number of ether oxygens (including phenoxy) is 1. The van der Waals surface area contributed by atoms with Crippen LogP contribution in [0, 0.1) is 0 Å². The van der Waals surface area contributed by atoms with Crippen molar-refractivity contribution in [2.24, 2.45) is 0 Å². The second-order valence-corrected chi connectivity index (χ2v) is 9.03. The Kier molecular flexibility index (Phi) is 6.87. The van der Waals surface area contributed by atoms with E-state index in [0.717, 1.165) is 16.9 Å². The lowest BCUT2D eigenvalue weighted by atomic mass is 10.1. The molecule has 2 N–H and O–H groups in total. The molecule has 1 fully saturated rings. The maximum absolute atomic E-state index is 12.7. The van der Waals surface area contributed by atoms with Gasteiger partial charge < -0.3 is 10.1 Å². The molecular weight excluding hydrogens is 457 g/mol. The van der Waals surface area contributed by atoms with Crippen LogP contribution in [0.4, 0.5) is 10.8 Å². The first-order valence-electron chi connectivity index (χ1n) is 9.70. The molecule has 6 nitrogen and oxygen atoms in total. The Bertz CT molecular complexity index is 1110. The molecule has 9 heteroatoms. The predicted molar refractivity (Wildman–Crippen MR) is 123 cm³/mol. The minimum atomic E-state index is -0.431. The van der Waals surface area contributed by atoms with Crippen molar-refractivity contribution in [3.05, 3.63) is 74.7 Å². The van der Waals surface area contributed by atoms with E-state index in [1.807, 2.05) is 6.07 Å². The molecule has 0 aliphatic carbocycles. The van der Waals surface area contributed by atoms with Crippen LogP contribution in [0.3, 0.4) is 0 Å². The molecule has 0 spiro atoms. The van der Waals surface area contributed by atoms with Gasteiger partial charge in [0.15, 0.2) is 5.13 Å². The van der Waals surface area contributed by atoms with Crippen molar-refractivity contribution in [3.8, 4) is 0 Å². The summed E-state index contributed by atoms with van der Waals surface area (Å²) in [5.41, 5.74) is 1.86. The maximum atomic E-state index is 12.7. The van der Waals surface area contributed by atoms with Crippen molar-refractivity contribution in [2.45, 2.75) is 25.4 Å². The van der Waals surface area contributed by atoms with E-state index in [9.17, 15) is 9.59 Å². The van der Waals surface area contributed by atoms with Gasteiger partial charge in [-0.2, -0.15) is 0 Å². The van der Waals surface area contributed by atoms with E-state index in [2.05, 4.69) is 15.6 Å². The predicted octanol–water partition coefficient (Wildman–Crippen LogP) is 5.41. The fourth-order valence-corrected chi connectivity index (χ4v) is 4.44. The Morgan fingerprint density at radius 3 is 2.84 bits per heavy atom. The second kappa shape index (κ2) is 9.78. The van der Waals surface area contributed by atoms with Gasteiger partial charge in [0.25, 0.3) is 11.8 Å². The summed E-state index contributed by atoms with van der Waals surface area (Å²) < 4.78 is 5.39. The number of nitrogens with one attached hydrogen (secondary N) is 2. The molecule has 1 atom stereocenters. The zero-order valence-electron chi connectivity index (χ0n) is 16.4. The Balaban J connectivity index is 1.39. The molecule has 1 aliphatic heterocycles. The van der Waals surface area contributed by atoms with E-state index in [4.69, 9.17) is 27.9 Å². The van der Waals surface area contributed by atoms with E-state index < -0.39 is 6.10 Å². The van der Waals surface area contributed by atoms with E-state index >= 15 is 0 Å². The van der Waals surface area contributed by atoms with Gasteiger partial charge in [-0.25, -0.2) is 4.98 Å². The van der Waals surface area contributed by atoms with Gasteiger partial charge in [0.05, 0.1) is 0 Å². The van der Waals surface area contributed by atoms with Gasteiger partial charge in [-0.05, 0) is 54.8 Å². The SMILES string of the molecule is O=C(Nc1ncc(Cc2cc(Cl)ccc2Cl)s1)c1cccc(NC(=O)C2CCCO2)c1. The fourth-order valence-electron chi connectivity index (χ4n) is 3.23. The highest BCUT2D eigenvalue weighted by molar-refractivity contribution is 7.15. The number of carbonyl (C=O) groups excluding carboxylic acids is 2. The maximum Gasteiger partial charge on any atom is 0.257 e. The Labute approximate surface area is 193 Å². The van der Waals surface area contributed by atoms with Crippen molar-refractivity contribution in [2.75, 3.05) is 17.2 Å². The van der Waals surface area contributed by atoms with Crippen molar-refractivity contribution >= 4 is 57.2 Å². The lowest BCUT2D eigenvalue weighted by Gasteiger charge is -2.11. The molecule has 160 valence electrons. The lowest BCUT2D eigenvalue weighted by Crippen LogP contribution is -2.27. The van der Waals surface area contributed by atoms with E-state index in [-0.39, 0.29) is 11.8 Å². The number of aromatic nitrogens is 1. The minimum absolute atomic E-state index is 0.195. The van der Waals surface area contributed by atoms with Gasteiger partial charge >= 0.3 is 0 Å². The molecule has 2 heterocycles. The summed E-state index contributed by atoms with van der Waals surface area (Å²) in [7, 11) is 0. The summed E-state index contributed by atoms with van der Waals surface area (Å²) in [4.78, 5) is 30.1. The van der Waals surface area contributed by atoms with Crippen molar-refractivity contribution < 1.29 is 14.3 Å². The number of rotatable bonds is 6. The Morgan fingerprint density at radius 1 is 1.16 bits per heavy atom. The first kappa shape index (κ1) is 21.8. The third kappa shape index (κ3) is 5.62. The molecule has 2 aromatic carbocycles. The quantitative estimate of drug-likeness (QED) is 0.499. The topological polar surface area (TPSA) is 80.3 Å². The summed E-state index contributed by atoms with van der Waals surface area (Å²) >= 11 is 13.6. The van der Waals surface area contributed by atoms with Gasteiger partial charge in [-0.3, -0.25) is 14.9 Å². The number of amides is 2. The molecule has 0 bridgehead atoms. The highest BCUT2D eigenvalue weighted by atomic mass is 35.5. The third-order valence-corrected chi connectivity index (χ3v) is 6.28. The summed E-state index contributed by atoms with van der Waals surface area (Å²) in [6.45, 7) is 0.597. The van der Waals surface area contributed by atoms with Gasteiger partial charge in [0, 0.05) is 45.4 Å². The molecule has 2 amide bonds. The summed E-state index contributed by atoms with van der Waals surface area (Å²) in [6.07, 6.45) is 3.42. The van der Waals surface area contributed by atoms with Crippen molar-refractivity contribution in [1.29, 1.82) is 0 Å². The van der Waals surface area contributed by atoms with Crippen LogP contribution >= 0.6 is 34.5 Å². The normalized spacial score (nSPS) is 15.6. The summed E-state index contributed by atoms with van der Waals surface area (Å²) in [6, 6.07) is 12.1. The molecule has 1 saturated heterocycles. The molecule has 1 unspecified atom stereocenters. The number of halogens is 2. The molecule has 3 aromatic rings. The van der Waals surface area contributed by atoms with Crippen molar-refractivity contribution in [3.63, 3.8) is 0 Å². The second-order valence-electron chi connectivity index (χ2n) is 7.07. The fraction of sp³-hybridized carbons (Fsp3) is 0.227. The average Bonchev–Trinajstić information content (AvgIpc) is 3.43. The molecule has 31 heavy (non-hydrogen) atoms. The number of carbonyl (C=O) groups is 2. The van der Waals surface area contributed by atoms with Gasteiger partial charge in [0.1, 0.15) is 6.10 Å². The molecular formula is C22H19Cl2N3O3S. The average molecular weight is 476 g/mol. The van der Waals surface area contributed by atoms with Crippen LogP contribution in [0.1, 0.15) is 33.6 Å². The van der Waals surface area contributed by atoms with E-state index in [0.29, 0.717) is 45.9 Å². The smallest absolute Gasteiger partial charge is 0.257 e. The zero-order valence-corrected chi connectivity index (χ0v) is 18.7. The van der Waals surface area contributed by atoms with Crippen LogP contribution in [-0.4, -0.2) is 29.5 Å². The summed E-state index contributed by atoms with van der Waals surface area (Å²) in [5, 5.41) is 7.33. The highest BCUT2D eigenvalue weighted by Gasteiger charge is 2.23. The monoisotopic (exact) mass is 475 g/mol. The molecule has 4 rings (SSSR count). The first-order valence-corrected chi connectivity index (χ1v) is 11.3. The number of thiazole rings is 1. The Morgan fingerprint density at radius 2 is 2.03 bits per heavy atom. The van der Waals surface area contributed by atoms with Crippen LogP contribution in [0.15, 0.2) is 48.7 Å². The standard InChI is InChI=1S/C22H19Cl2N3O3S/c23-15-6-7-18(24)14(9-15)11-17-12-25-22(31-17)27-20(28)13-3-1-4-16(10-13)26-21(29)19-5-2-8-30-19/h1,3-4,6-7,9-10,12,19H,2,5,8,11H2,(H,26,29)(H,25,27,28). The van der Waals surface area contributed by atoms with Crippen LogP contribution in [-0.2, 0) is 16.0 Å². The van der Waals surface area contributed by atoms with E-state index in [1.54, 1.807) is 42.6 Å². The van der Waals surface area contributed by atoms with Crippen LogP contribution in [0.25, 0.3) is 0 Å². The zero-order chi connectivity index (χ0) is 21.8. The minimum Gasteiger partial charge on any atom is -0.368 e. The van der Waals surface area contributed by atoms with Gasteiger partial charge in [-0.15, -0.1) is 11.3 Å². The molecule has 0 radical (unpaired) electrons. The lowest BCUT2D eigenvalue weighted by molar-refractivity contribution is -0.124. The number of nitrogens with zero attached hydrogens (tertiary/aromatic N) is 1. The first-order chi connectivity index (χ1) is 15.0. The van der Waals surface area contributed by atoms with E-state index in [1.165, 1.54) is 11.3 Å². The van der Waals surface area contributed by atoms with Gasteiger partial charge in [-0.1, -0.05) is 29.3 Å². The van der Waals surface area contributed by atoms with Gasteiger partial charge in [0.2, 0.25) is 0 Å². The Hall–Kier alpha value is -2.45. The van der Waals surface area contributed by atoms with Crippen LogP contribution < -0.4 is 10.6 Å². The molecule has 1 aliphatic rings. The van der Waals surface area contributed by atoms with Crippen LogP contribution in [0.2, 0.25) is 10.0 Å². The highest BCUT2D eigenvalue weighted by Crippen LogP contribution is 2.27. The number of benzene rings is 2. The van der Waals surface area contributed by atoms with Crippen LogP contribution in [0.5, 0.6) is 0 Å². The largest absolute Gasteiger partial charge is 0.368 e. The third-order valence-electron chi connectivity index (χ3n) is 4.76. The summed E-state index contributed by atoms with van der Waals surface area (Å²) in [5.74, 6) is -0.505. The number of anilines is 2. The van der Waals surface area contributed by atoms with Crippen molar-refractivity contribution in [1.82, 2.24) is 4.98 Å². The number of hydrogen-bond acceptors (Lipinski definition) is 5. The molecule has 0 saturated carbocycles.